The average Bonchev–Trinajstić information content (AvgIpc) is 2.47. The van der Waals surface area contributed by atoms with Crippen molar-refractivity contribution in [3.63, 3.8) is 0 Å². The van der Waals surface area contributed by atoms with Gasteiger partial charge in [-0.15, -0.1) is 0 Å². The number of hydrogen-bond donors (Lipinski definition) is 0. The molecule has 0 heterocycles. The normalized spacial score (nSPS) is 11.7. The second-order valence-corrected chi connectivity index (χ2v) is 6.97. The summed E-state index contributed by atoms with van der Waals surface area (Å²) in [5, 5.41) is 0. The molecule has 118 valence electrons. The van der Waals surface area contributed by atoms with Crippen molar-refractivity contribution in [3.05, 3.63) is 65.2 Å². The zero-order valence-corrected chi connectivity index (χ0v) is 14.4. The van der Waals surface area contributed by atoms with Gasteiger partial charge < -0.3 is 4.74 Å². The molecule has 2 heteroatoms. The Balaban J connectivity index is 1.98. The van der Waals surface area contributed by atoms with E-state index in [9.17, 15) is 0 Å². The zero-order valence-electron chi connectivity index (χ0n) is 14.4. The Morgan fingerprint density at radius 1 is 0.909 bits per heavy atom. The van der Waals surface area contributed by atoms with Crippen LogP contribution in [0.2, 0.25) is 0 Å². The Hall–Kier alpha value is -1.80. The molecule has 0 fully saturated rings. The van der Waals surface area contributed by atoms with Crippen LogP contribution in [0.4, 0.5) is 0 Å². The van der Waals surface area contributed by atoms with Crippen LogP contribution in [0.1, 0.15) is 37.5 Å². The minimum atomic E-state index is 0.213. The van der Waals surface area contributed by atoms with E-state index in [0.717, 1.165) is 18.8 Å². The summed E-state index contributed by atoms with van der Waals surface area (Å²) in [7, 11) is 3.86. The highest BCUT2D eigenvalue weighted by atomic mass is 16.5. The molecule has 0 unspecified atom stereocenters. The summed E-state index contributed by atoms with van der Waals surface area (Å²) in [6, 6.07) is 17.2. The van der Waals surface area contributed by atoms with Gasteiger partial charge in [0, 0.05) is 13.1 Å². The minimum Gasteiger partial charge on any atom is -0.497 e. The fraction of sp³-hybridized carbons (Fsp3) is 0.400. The lowest BCUT2D eigenvalue weighted by atomic mass is 9.87. The van der Waals surface area contributed by atoms with Crippen LogP contribution in [0.25, 0.3) is 0 Å². The first-order valence-corrected chi connectivity index (χ1v) is 7.79. The van der Waals surface area contributed by atoms with E-state index in [2.05, 4.69) is 69.1 Å². The molecule has 22 heavy (non-hydrogen) atoms. The fourth-order valence-corrected chi connectivity index (χ4v) is 2.56. The summed E-state index contributed by atoms with van der Waals surface area (Å²) >= 11 is 0. The van der Waals surface area contributed by atoms with E-state index in [1.54, 1.807) is 7.11 Å². The maximum atomic E-state index is 5.28. The summed E-state index contributed by atoms with van der Waals surface area (Å²) in [5.74, 6) is 0.917. The first-order chi connectivity index (χ1) is 10.4. The van der Waals surface area contributed by atoms with Gasteiger partial charge in [-0.3, -0.25) is 4.90 Å². The lowest BCUT2D eigenvalue weighted by Crippen LogP contribution is -2.17. The Labute approximate surface area is 134 Å². The summed E-state index contributed by atoms with van der Waals surface area (Å²) in [6.07, 6.45) is 0. The van der Waals surface area contributed by atoms with Crippen LogP contribution in [-0.2, 0) is 18.5 Å². The lowest BCUT2D eigenvalue weighted by Gasteiger charge is -2.21. The van der Waals surface area contributed by atoms with Crippen LogP contribution in [0.5, 0.6) is 5.75 Å². The van der Waals surface area contributed by atoms with Crippen LogP contribution < -0.4 is 4.74 Å². The monoisotopic (exact) mass is 297 g/mol. The van der Waals surface area contributed by atoms with Crippen molar-refractivity contribution >= 4 is 0 Å². The van der Waals surface area contributed by atoms with Gasteiger partial charge in [-0.1, -0.05) is 57.2 Å². The van der Waals surface area contributed by atoms with Gasteiger partial charge in [0.2, 0.25) is 0 Å². The quantitative estimate of drug-likeness (QED) is 0.798. The molecule has 0 aliphatic carbocycles. The van der Waals surface area contributed by atoms with E-state index in [-0.39, 0.29) is 5.41 Å². The highest BCUT2D eigenvalue weighted by molar-refractivity contribution is 5.29. The predicted octanol–water partition coefficient (Wildman–Crippen LogP) is 4.62. The van der Waals surface area contributed by atoms with Crippen LogP contribution in [0.3, 0.4) is 0 Å². The molecule has 0 bridgehead atoms. The van der Waals surface area contributed by atoms with Crippen molar-refractivity contribution in [1.29, 1.82) is 0 Å². The number of methoxy groups -OCH3 is 1. The summed E-state index contributed by atoms with van der Waals surface area (Å²) < 4.78 is 5.28. The van der Waals surface area contributed by atoms with E-state index >= 15 is 0 Å². The van der Waals surface area contributed by atoms with Gasteiger partial charge in [-0.25, -0.2) is 0 Å². The topological polar surface area (TPSA) is 12.5 Å². The zero-order chi connectivity index (χ0) is 16.2. The van der Waals surface area contributed by atoms with Gasteiger partial charge in [0.1, 0.15) is 5.75 Å². The molecule has 0 aliphatic heterocycles. The van der Waals surface area contributed by atoms with Crippen molar-refractivity contribution in [1.82, 2.24) is 4.90 Å². The van der Waals surface area contributed by atoms with Crippen LogP contribution in [-0.4, -0.2) is 19.1 Å². The average molecular weight is 297 g/mol. The van der Waals surface area contributed by atoms with Gasteiger partial charge in [0.25, 0.3) is 0 Å². The smallest absolute Gasteiger partial charge is 0.119 e. The van der Waals surface area contributed by atoms with Crippen molar-refractivity contribution in [2.45, 2.75) is 39.3 Å². The fourth-order valence-electron chi connectivity index (χ4n) is 2.56. The molecular formula is C20H27NO. The number of benzene rings is 2. The van der Waals surface area contributed by atoms with Crippen molar-refractivity contribution in [3.8, 4) is 5.75 Å². The van der Waals surface area contributed by atoms with Crippen molar-refractivity contribution in [2.75, 3.05) is 14.2 Å². The molecule has 0 spiro atoms. The lowest BCUT2D eigenvalue weighted by molar-refractivity contribution is 0.318. The first-order valence-electron chi connectivity index (χ1n) is 7.79. The Morgan fingerprint density at radius 3 is 2.14 bits per heavy atom. The molecule has 2 nitrogen and oxygen atoms in total. The van der Waals surface area contributed by atoms with E-state index < -0.39 is 0 Å². The molecule has 0 radical (unpaired) electrons. The highest BCUT2D eigenvalue weighted by Gasteiger charge is 2.13. The van der Waals surface area contributed by atoms with Gasteiger partial charge in [-0.05, 0) is 41.3 Å². The Bertz CT molecular complexity index is 596. The minimum absolute atomic E-state index is 0.213. The third-order valence-electron chi connectivity index (χ3n) is 3.86. The molecule has 2 aromatic rings. The van der Waals surface area contributed by atoms with Crippen LogP contribution >= 0.6 is 0 Å². The van der Waals surface area contributed by atoms with Gasteiger partial charge in [0.05, 0.1) is 7.11 Å². The van der Waals surface area contributed by atoms with Crippen molar-refractivity contribution < 1.29 is 4.74 Å². The number of hydrogen-bond acceptors (Lipinski definition) is 2. The molecule has 0 aromatic heterocycles. The molecule has 2 aromatic carbocycles. The number of ether oxygens (including phenoxy) is 1. The molecule has 0 saturated carbocycles. The van der Waals surface area contributed by atoms with E-state index in [1.807, 2.05) is 12.1 Å². The maximum Gasteiger partial charge on any atom is 0.119 e. The largest absolute Gasteiger partial charge is 0.497 e. The third kappa shape index (κ3) is 4.60. The maximum absolute atomic E-state index is 5.28. The number of rotatable bonds is 5. The van der Waals surface area contributed by atoms with Crippen LogP contribution in [0.15, 0.2) is 48.5 Å². The molecule has 0 atom stereocenters. The molecule has 0 aliphatic rings. The van der Waals surface area contributed by atoms with E-state index in [1.165, 1.54) is 16.7 Å². The first kappa shape index (κ1) is 16.6. The molecular weight excluding hydrogens is 270 g/mol. The summed E-state index contributed by atoms with van der Waals surface area (Å²) in [5.41, 5.74) is 4.21. The molecule has 0 N–H and O–H groups in total. The van der Waals surface area contributed by atoms with E-state index in [4.69, 9.17) is 4.74 Å². The second-order valence-electron chi connectivity index (χ2n) is 6.97. The predicted molar refractivity (Wildman–Crippen MR) is 93.3 cm³/mol. The molecule has 0 amide bonds. The van der Waals surface area contributed by atoms with Gasteiger partial charge >= 0.3 is 0 Å². The van der Waals surface area contributed by atoms with Gasteiger partial charge in [-0.2, -0.15) is 0 Å². The summed E-state index contributed by atoms with van der Waals surface area (Å²) in [6.45, 7) is 8.60. The third-order valence-corrected chi connectivity index (χ3v) is 3.86. The molecule has 2 rings (SSSR count). The van der Waals surface area contributed by atoms with Gasteiger partial charge in [0.15, 0.2) is 0 Å². The SMILES string of the molecule is COc1cccc(CN(C)Cc2ccc(C(C)(C)C)cc2)c1. The molecule has 0 saturated heterocycles. The Kier molecular flexibility index (Phi) is 5.25. The standard InChI is InChI=1S/C20H27NO/c1-20(2,3)18-11-9-16(10-12-18)14-21(4)15-17-7-6-8-19(13-17)22-5/h6-13H,14-15H2,1-5H3. The summed E-state index contributed by atoms with van der Waals surface area (Å²) in [4.78, 5) is 2.32. The van der Waals surface area contributed by atoms with E-state index in [0.29, 0.717) is 0 Å². The number of nitrogens with zero attached hydrogens (tertiary/aromatic N) is 1. The van der Waals surface area contributed by atoms with Crippen LogP contribution in [0, 0.1) is 0 Å². The van der Waals surface area contributed by atoms with Crippen molar-refractivity contribution in [2.24, 2.45) is 0 Å². The highest BCUT2D eigenvalue weighted by Crippen LogP contribution is 2.22. The Morgan fingerprint density at radius 2 is 1.55 bits per heavy atom. The second kappa shape index (κ2) is 6.97.